The third-order valence-electron chi connectivity index (χ3n) is 5.01. The van der Waals surface area contributed by atoms with Crippen molar-refractivity contribution in [1.29, 1.82) is 0 Å². The van der Waals surface area contributed by atoms with Crippen molar-refractivity contribution in [3.8, 4) is 0 Å². The molecule has 8 heteroatoms. The second-order valence-electron chi connectivity index (χ2n) is 7.22. The lowest BCUT2D eigenvalue weighted by atomic mass is 10.2. The number of piperazine rings is 1. The minimum absolute atomic E-state index is 0.0251. The highest BCUT2D eigenvalue weighted by molar-refractivity contribution is 5.90. The first-order valence-corrected chi connectivity index (χ1v) is 9.83. The first-order chi connectivity index (χ1) is 14.0. The molecule has 1 saturated heterocycles. The number of nitrogens with zero attached hydrogens (tertiary/aromatic N) is 3. The third-order valence-corrected chi connectivity index (χ3v) is 5.01. The minimum Gasteiger partial charge on any atom is -0.385 e. The molecule has 1 amide bonds. The number of likely N-dealkylation sites (N-methyl/N-ethyl adjacent to an activating group) is 1. The van der Waals surface area contributed by atoms with Crippen LogP contribution in [0.15, 0.2) is 48.5 Å². The van der Waals surface area contributed by atoms with Crippen molar-refractivity contribution in [3.63, 3.8) is 0 Å². The molecule has 8 nitrogen and oxygen atoms in total. The second-order valence-corrected chi connectivity index (χ2v) is 7.22. The lowest BCUT2D eigenvalue weighted by molar-refractivity contribution is -0.384. The Morgan fingerprint density at radius 1 is 1.00 bits per heavy atom. The van der Waals surface area contributed by atoms with Crippen molar-refractivity contribution >= 4 is 28.7 Å². The van der Waals surface area contributed by atoms with Crippen LogP contribution in [0.2, 0.25) is 0 Å². The normalized spacial score (nSPS) is 14.4. The Balaban J connectivity index is 1.37. The van der Waals surface area contributed by atoms with Gasteiger partial charge in [-0.05, 0) is 49.9 Å². The summed E-state index contributed by atoms with van der Waals surface area (Å²) < 4.78 is 0. The average Bonchev–Trinajstić information content (AvgIpc) is 2.73. The van der Waals surface area contributed by atoms with Crippen LogP contribution in [-0.2, 0) is 4.79 Å². The molecule has 0 radical (unpaired) electrons. The minimum atomic E-state index is -0.425. The van der Waals surface area contributed by atoms with Crippen LogP contribution < -0.4 is 15.5 Å². The molecule has 1 aliphatic heterocycles. The van der Waals surface area contributed by atoms with E-state index in [1.165, 1.54) is 17.8 Å². The smallest absolute Gasteiger partial charge is 0.269 e. The number of benzene rings is 2. The van der Waals surface area contributed by atoms with Gasteiger partial charge in [-0.2, -0.15) is 0 Å². The quantitative estimate of drug-likeness (QED) is 0.404. The summed E-state index contributed by atoms with van der Waals surface area (Å²) in [7, 11) is 2.14. The first-order valence-electron chi connectivity index (χ1n) is 9.83. The van der Waals surface area contributed by atoms with Gasteiger partial charge in [-0.3, -0.25) is 14.9 Å². The van der Waals surface area contributed by atoms with Gasteiger partial charge in [-0.15, -0.1) is 0 Å². The number of hydrogen-bond acceptors (Lipinski definition) is 6. The van der Waals surface area contributed by atoms with E-state index in [4.69, 9.17) is 0 Å². The predicted octanol–water partition coefficient (Wildman–Crippen LogP) is 3.18. The van der Waals surface area contributed by atoms with Gasteiger partial charge in [0.2, 0.25) is 5.91 Å². The van der Waals surface area contributed by atoms with E-state index in [0.717, 1.165) is 37.6 Å². The summed E-state index contributed by atoms with van der Waals surface area (Å²) in [5.41, 5.74) is 2.85. The highest BCUT2D eigenvalue weighted by Gasteiger charge is 2.14. The van der Waals surface area contributed by atoms with Crippen molar-refractivity contribution in [2.75, 3.05) is 55.3 Å². The van der Waals surface area contributed by atoms with E-state index in [1.54, 1.807) is 12.1 Å². The van der Waals surface area contributed by atoms with Crippen molar-refractivity contribution < 1.29 is 9.72 Å². The fraction of sp³-hybridized carbons (Fsp3) is 0.381. The van der Waals surface area contributed by atoms with Gasteiger partial charge >= 0.3 is 0 Å². The molecule has 0 spiro atoms. The molecule has 0 aromatic heterocycles. The molecule has 2 aromatic rings. The Bertz CT molecular complexity index is 815. The van der Waals surface area contributed by atoms with Crippen LogP contribution in [0, 0.1) is 10.1 Å². The summed E-state index contributed by atoms with van der Waals surface area (Å²) in [5, 5.41) is 16.7. The molecule has 154 valence electrons. The van der Waals surface area contributed by atoms with Crippen LogP contribution in [0.25, 0.3) is 0 Å². The number of carbonyl (C=O) groups is 1. The van der Waals surface area contributed by atoms with Gasteiger partial charge in [-0.25, -0.2) is 0 Å². The molecule has 0 aliphatic carbocycles. The number of nitro groups is 1. The molecule has 0 unspecified atom stereocenters. The maximum Gasteiger partial charge on any atom is 0.269 e. The van der Waals surface area contributed by atoms with Crippen LogP contribution in [0.3, 0.4) is 0 Å². The molecule has 1 fully saturated rings. The molecule has 1 aliphatic rings. The van der Waals surface area contributed by atoms with Gasteiger partial charge in [0, 0.05) is 68.3 Å². The van der Waals surface area contributed by atoms with Gasteiger partial charge in [0.15, 0.2) is 0 Å². The summed E-state index contributed by atoms with van der Waals surface area (Å²) in [5.74, 6) is -0.0251. The van der Waals surface area contributed by atoms with E-state index in [0.29, 0.717) is 19.4 Å². The van der Waals surface area contributed by atoms with Crippen molar-refractivity contribution in [3.05, 3.63) is 58.6 Å². The van der Waals surface area contributed by atoms with Crippen LogP contribution in [0.4, 0.5) is 22.7 Å². The molecule has 0 atom stereocenters. The summed E-state index contributed by atoms with van der Waals surface area (Å²) in [6, 6.07) is 14.2. The summed E-state index contributed by atoms with van der Waals surface area (Å²) >= 11 is 0. The van der Waals surface area contributed by atoms with E-state index in [1.807, 2.05) is 12.1 Å². The molecule has 2 aromatic carbocycles. The predicted molar refractivity (Wildman–Crippen MR) is 116 cm³/mol. The van der Waals surface area contributed by atoms with Crippen LogP contribution >= 0.6 is 0 Å². The summed E-state index contributed by atoms with van der Waals surface area (Å²) in [6.07, 6.45) is 1.07. The Hall–Kier alpha value is -3.13. The van der Waals surface area contributed by atoms with E-state index in [2.05, 4.69) is 39.6 Å². The van der Waals surface area contributed by atoms with Crippen molar-refractivity contribution in [2.45, 2.75) is 12.8 Å². The number of amides is 1. The van der Waals surface area contributed by atoms with Gasteiger partial charge in [0.1, 0.15) is 0 Å². The highest BCUT2D eigenvalue weighted by atomic mass is 16.6. The lowest BCUT2D eigenvalue weighted by Crippen LogP contribution is -2.44. The number of hydrogen-bond donors (Lipinski definition) is 2. The van der Waals surface area contributed by atoms with Crippen molar-refractivity contribution in [2.24, 2.45) is 0 Å². The largest absolute Gasteiger partial charge is 0.385 e. The second kappa shape index (κ2) is 9.88. The van der Waals surface area contributed by atoms with Crippen LogP contribution in [0.1, 0.15) is 12.8 Å². The lowest BCUT2D eigenvalue weighted by Gasteiger charge is -2.34. The number of carbonyl (C=O) groups excluding carboxylic acids is 1. The SMILES string of the molecule is CN1CCN(c2ccc(NC(=O)CCCNc3ccc([N+](=O)[O-])cc3)cc2)CC1. The Morgan fingerprint density at radius 2 is 1.62 bits per heavy atom. The maximum atomic E-state index is 12.1. The zero-order chi connectivity index (χ0) is 20.6. The average molecular weight is 397 g/mol. The fourth-order valence-corrected chi connectivity index (χ4v) is 3.23. The van der Waals surface area contributed by atoms with Gasteiger partial charge in [0.05, 0.1) is 4.92 Å². The Morgan fingerprint density at radius 3 is 2.24 bits per heavy atom. The molecule has 0 saturated carbocycles. The number of nitro benzene ring substituents is 1. The molecular formula is C21H27N5O3. The van der Waals surface area contributed by atoms with E-state index < -0.39 is 4.92 Å². The standard InChI is InChI=1S/C21H27N5O3/c1-24-13-15-25(16-14-24)19-8-6-18(7-9-19)23-21(27)3-2-12-22-17-4-10-20(11-5-17)26(28)29/h4-11,22H,2-3,12-16H2,1H3,(H,23,27). The molecule has 29 heavy (non-hydrogen) atoms. The zero-order valence-electron chi connectivity index (χ0n) is 16.6. The number of nitrogens with one attached hydrogen (secondary N) is 2. The maximum absolute atomic E-state index is 12.1. The number of non-ortho nitro benzene ring substituents is 1. The van der Waals surface area contributed by atoms with Gasteiger partial charge in [0.25, 0.3) is 5.69 Å². The number of anilines is 3. The summed E-state index contributed by atoms with van der Waals surface area (Å²) in [4.78, 5) is 27.0. The van der Waals surface area contributed by atoms with E-state index in [-0.39, 0.29) is 11.6 Å². The van der Waals surface area contributed by atoms with Gasteiger partial charge < -0.3 is 20.4 Å². The van der Waals surface area contributed by atoms with Crippen LogP contribution in [-0.4, -0.2) is 55.5 Å². The topological polar surface area (TPSA) is 90.8 Å². The highest BCUT2D eigenvalue weighted by Crippen LogP contribution is 2.19. The number of rotatable bonds is 8. The van der Waals surface area contributed by atoms with Gasteiger partial charge in [-0.1, -0.05) is 0 Å². The fourth-order valence-electron chi connectivity index (χ4n) is 3.23. The molecule has 3 rings (SSSR count). The Kier molecular flexibility index (Phi) is 7.02. The third kappa shape index (κ3) is 6.18. The Labute approximate surface area is 170 Å². The first kappa shape index (κ1) is 20.6. The van der Waals surface area contributed by atoms with E-state index in [9.17, 15) is 14.9 Å². The molecule has 2 N–H and O–H groups in total. The summed E-state index contributed by atoms with van der Waals surface area (Å²) in [6.45, 7) is 4.78. The molecule has 0 bridgehead atoms. The monoisotopic (exact) mass is 397 g/mol. The van der Waals surface area contributed by atoms with E-state index >= 15 is 0 Å². The molecule has 1 heterocycles. The molecular weight excluding hydrogens is 370 g/mol. The van der Waals surface area contributed by atoms with Crippen molar-refractivity contribution in [1.82, 2.24) is 4.90 Å². The zero-order valence-corrected chi connectivity index (χ0v) is 16.6. The van der Waals surface area contributed by atoms with Crippen LogP contribution in [0.5, 0.6) is 0 Å².